The molecule has 0 aromatic rings. The van der Waals surface area contributed by atoms with Crippen molar-refractivity contribution in [2.45, 2.75) is 52.7 Å². The normalized spacial score (nSPS) is 16.8. The standard InChI is InChI=1S/C17H32N2O5/c1-16(2,3)23-14(20)13-22-12-11-18-7-9-19(10-8-18)15(21)24-17(4,5)6/h7-13H2,1-6H3. The van der Waals surface area contributed by atoms with Gasteiger partial charge in [-0.15, -0.1) is 0 Å². The van der Waals surface area contributed by atoms with Gasteiger partial charge < -0.3 is 19.1 Å². The molecule has 140 valence electrons. The van der Waals surface area contributed by atoms with Gasteiger partial charge in [0, 0.05) is 32.7 Å². The van der Waals surface area contributed by atoms with Gasteiger partial charge in [-0.1, -0.05) is 0 Å². The molecule has 24 heavy (non-hydrogen) atoms. The number of piperazine rings is 1. The monoisotopic (exact) mass is 344 g/mol. The van der Waals surface area contributed by atoms with Crippen molar-refractivity contribution >= 4 is 12.1 Å². The zero-order chi connectivity index (χ0) is 18.4. The van der Waals surface area contributed by atoms with E-state index >= 15 is 0 Å². The lowest BCUT2D eigenvalue weighted by atomic mass is 10.2. The molecule has 0 radical (unpaired) electrons. The van der Waals surface area contributed by atoms with Gasteiger partial charge in [0.2, 0.25) is 0 Å². The minimum Gasteiger partial charge on any atom is -0.458 e. The van der Waals surface area contributed by atoms with Crippen LogP contribution in [0.4, 0.5) is 4.79 Å². The van der Waals surface area contributed by atoms with Crippen LogP contribution in [-0.2, 0) is 19.0 Å². The highest BCUT2D eigenvalue weighted by Gasteiger charge is 2.25. The van der Waals surface area contributed by atoms with Crippen LogP contribution in [0, 0.1) is 0 Å². The minimum atomic E-state index is -0.488. The molecule has 0 aliphatic carbocycles. The predicted octanol–water partition coefficient (Wildman–Crippen LogP) is 1.90. The van der Waals surface area contributed by atoms with Gasteiger partial charge in [0.25, 0.3) is 0 Å². The molecule has 0 N–H and O–H groups in total. The van der Waals surface area contributed by atoms with Gasteiger partial charge in [-0.25, -0.2) is 9.59 Å². The lowest BCUT2D eigenvalue weighted by Crippen LogP contribution is -2.50. The molecular formula is C17H32N2O5. The van der Waals surface area contributed by atoms with Crippen LogP contribution in [0.2, 0.25) is 0 Å². The summed E-state index contributed by atoms with van der Waals surface area (Å²) in [5, 5.41) is 0. The van der Waals surface area contributed by atoms with Gasteiger partial charge in [0.1, 0.15) is 17.8 Å². The topological polar surface area (TPSA) is 68.3 Å². The Hall–Kier alpha value is -1.34. The molecule has 1 amide bonds. The van der Waals surface area contributed by atoms with Crippen molar-refractivity contribution in [3.8, 4) is 0 Å². The van der Waals surface area contributed by atoms with E-state index in [0.717, 1.165) is 19.6 Å². The van der Waals surface area contributed by atoms with Crippen molar-refractivity contribution in [1.82, 2.24) is 9.80 Å². The highest BCUT2D eigenvalue weighted by molar-refractivity contribution is 5.71. The zero-order valence-corrected chi connectivity index (χ0v) is 15.9. The fourth-order valence-corrected chi connectivity index (χ4v) is 2.20. The summed E-state index contributed by atoms with van der Waals surface area (Å²) in [6.45, 7) is 15.1. The fraction of sp³-hybridized carbons (Fsp3) is 0.882. The molecule has 1 fully saturated rings. The highest BCUT2D eigenvalue weighted by atomic mass is 16.6. The molecule has 1 aliphatic heterocycles. The molecule has 0 spiro atoms. The summed E-state index contributed by atoms with van der Waals surface area (Å²) in [6.07, 6.45) is -0.261. The first kappa shape index (κ1) is 20.7. The number of hydrogen-bond donors (Lipinski definition) is 0. The molecule has 1 saturated heterocycles. The SMILES string of the molecule is CC(C)(C)OC(=O)COCCN1CCN(C(=O)OC(C)(C)C)CC1. The second-order valence-corrected chi connectivity index (χ2v) is 7.95. The van der Waals surface area contributed by atoms with Gasteiger partial charge in [-0.2, -0.15) is 0 Å². The van der Waals surface area contributed by atoms with Crippen LogP contribution in [0.25, 0.3) is 0 Å². The molecule has 0 bridgehead atoms. The van der Waals surface area contributed by atoms with E-state index in [0.29, 0.717) is 19.7 Å². The second kappa shape index (κ2) is 8.67. The first-order valence-corrected chi connectivity index (χ1v) is 8.46. The number of hydrogen-bond acceptors (Lipinski definition) is 6. The summed E-state index contributed by atoms with van der Waals surface area (Å²) in [7, 11) is 0. The maximum atomic E-state index is 12.0. The van der Waals surface area contributed by atoms with Gasteiger partial charge in [-0.05, 0) is 41.5 Å². The number of rotatable bonds is 5. The van der Waals surface area contributed by atoms with Gasteiger partial charge in [-0.3, -0.25) is 4.90 Å². The molecule has 1 rings (SSSR count). The van der Waals surface area contributed by atoms with Crippen LogP contribution in [-0.4, -0.2) is 79.0 Å². The number of amides is 1. The van der Waals surface area contributed by atoms with Crippen LogP contribution >= 0.6 is 0 Å². The van der Waals surface area contributed by atoms with E-state index in [9.17, 15) is 9.59 Å². The Morgan fingerprint density at radius 3 is 1.92 bits per heavy atom. The van der Waals surface area contributed by atoms with E-state index in [2.05, 4.69) is 4.90 Å². The Labute approximate surface area is 145 Å². The van der Waals surface area contributed by atoms with E-state index < -0.39 is 11.2 Å². The average molecular weight is 344 g/mol. The third-order valence-electron chi connectivity index (χ3n) is 3.22. The van der Waals surface area contributed by atoms with Gasteiger partial charge in [0.15, 0.2) is 0 Å². The molecule has 0 aromatic carbocycles. The molecule has 0 saturated carbocycles. The van der Waals surface area contributed by atoms with Crippen molar-refractivity contribution in [2.24, 2.45) is 0 Å². The number of nitrogens with zero attached hydrogens (tertiary/aromatic N) is 2. The summed E-state index contributed by atoms with van der Waals surface area (Å²) in [5.74, 6) is -0.350. The molecule has 7 heteroatoms. The van der Waals surface area contributed by atoms with Crippen LogP contribution in [0.15, 0.2) is 0 Å². The molecule has 7 nitrogen and oxygen atoms in total. The molecule has 1 heterocycles. The third kappa shape index (κ3) is 9.08. The van der Waals surface area contributed by atoms with Crippen molar-refractivity contribution in [3.63, 3.8) is 0 Å². The number of esters is 1. The number of ether oxygens (including phenoxy) is 3. The summed E-state index contributed by atoms with van der Waals surface area (Å²) in [4.78, 5) is 27.4. The van der Waals surface area contributed by atoms with Crippen LogP contribution < -0.4 is 0 Å². The van der Waals surface area contributed by atoms with Crippen molar-refractivity contribution in [1.29, 1.82) is 0 Å². The van der Waals surface area contributed by atoms with E-state index in [1.807, 2.05) is 41.5 Å². The Kier molecular flexibility index (Phi) is 7.48. The maximum absolute atomic E-state index is 12.0. The number of carbonyl (C=O) groups is 2. The van der Waals surface area contributed by atoms with Crippen LogP contribution in [0.5, 0.6) is 0 Å². The minimum absolute atomic E-state index is 0.0326. The second-order valence-electron chi connectivity index (χ2n) is 7.95. The lowest BCUT2D eigenvalue weighted by Gasteiger charge is -2.35. The van der Waals surface area contributed by atoms with Crippen molar-refractivity contribution < 1.29 is 23.8 Å². The third-order valence-corrected chi connectivity index (χ3v) is 3.22. The summed E-state index contributed by atoms with van der Waals surface area (Å²) < 4.78 is 15.9. The van der Waals surface area contributed by atoms with Crippen LogP contribution in [0.3, 0.4) is 0 Å². The summed E-state index contributed by atoms with van der Waals surface area (Å²) >= 11 is 0. The average Bonchev–Trinajstić information content (AvgIpc) is 2.40. The summed E-state index contributed by atoms with van der Waals surface area (Å²) in [6, 6.07) is 0. The molecule has 1 aliphatic rings. The van der Waals surface area contributed by atoms with Crippen molar-refractivity contribution in [2.75, 3.05) is 45.9 Å². The smallest absolute Gasteiger partial charge is 0.410 e. The quantitative estimate of drug-likeness (QED) is 0.560. The molecule has 0 unspecified atom stereocenters. The van der Waals surface area contributed by atoms with E-state index in [4.69, 9.17) is 14.2 Å². The Morgan fingerprint density at radius 1 is 0.875 bits per heavy atom. The fourth-order valence-electron chi connectivity index (χ4n) is 2.20. The van der Waals surface area contributed by atoms with E-state index in [-0.39, 0.29) is 18.7 Å². The van der Waals surface area contributed by atoms with Crippen molar-refractivity contribution in [3.05, 3.63) is 0 Å². The lowest BCUT2D eigenvalue weighted by molar-refractivity contribution is -0.160. The van der Waals surface area contributed by atoms with Gasteiger partial charge >= 0.3 is 12.1 Å². The maximum Gasteiger partial charge on any atom is 0.410 e. The molecule has 0 atom stereocenters. The Balaban J connectivity index is 2.16. The highest BCUT2D eigenvalue weighted by Crippen LogP contribution is 2.12. The Morgan fingerprint density at radius 2 is 1.42 bits per heavy atom. The van der Waals surface area contributed by atoms with E-state index in [1.165, 1.54) is 0 Å². The number of carbonyl (C=O) groups excluding carboxylic acids is 2. The molecule has 0 aromatic heterocycles. The first-order chi connectivity index (χ1) is 11.0. The van der Waals surface area contributed by atoms with Crippen LogP contribution in [0.1, 0.15) is 41.5 Å². The van der Waals surface area contributed by atoms with Gasteiger partial charge in [0.05, 0.1) is 6.61 Å². The predicted molar refractivity (Wildman–Crippen MR) is 90.9 cm³/mol. The zero-order valence-electron chi connectivity index (χ0n) is 15.9. The molecular weight excluding hydrogens is 312 g/mol. The first-order valence-electron chi connectivity index (χ1n) is 8.46. The largest absolute Gasteiger partial charge is 0.458 e. The summed E-state index contributed by atoms with van der Waals surface area (Å²) in [5.41, 5.74) is -0.956. The Bertz CT molecular complexity index is 418. The van der Waals surface area contributed by atoms with E-state index in [1.54, 1.807) is 4.90 Å².